The van der Waals surface area contributed by atoms with Crippen LogP contribution >= 0.6 is 0 Å². The molecule has 0 aromatic heterocycles. The van der Waals surface area contributed by atoms with Gasteiger partial charge >= 0.3 is 11.9 Å². The molecule has 0 atom stereocenters. The van der Waals surface area contributed by atoms with Gasteiger partial charge in [-0.1, -0.05) is 107 Å². The fourth-order valence-corrected chi connectivity index (χ4v) is 4.96. The molecule has 10 heteroatoms. The number of carboxylic acids is 1. The third-order valence-electron chi connectivity index (χ3n) is 7.73. The number of hydrogen-bond acceptors (Lipinski definition) is 7. The van der Waals surface area contributed by atoms with Crippen molar-refractivity contribution in [3.05, 3.63) is 119 Å². The summed E-state index contributed by atoms with van der Waals surface area (Å²) in [4.78, 5) is 47.4. The summed E-state index contributed by atoms with van der Waals surface area (Å²) in [5.74, 6) is 0.0202. The van der Waals surface area contributed by atoms with E-state index in [4.69, 9.17) is 19.3 Å². The summed E-state index contributed by atoms with van der Waals surface area (Å²) >= 11 is 0. The highest BCUT2D eigenvalue weighted by Gasteiger charge is 2.15. The SMILES string of the molecule is CC.CCCCCCCCOc1ccccc1C(=O)Oc1ccc(CN(C=O)CC(=O)O)cc1.COc1ccc(CC(=O)Nc2ccc(C)cc2)cc1. The van der Waals surface area contributed by atoms with Crippen LogP contribution in [0.15, 0.2) is 97.1 Å². The number of ether oxygens (including phenoxy) is 3. The van der Waals surface area contributed by atoms with Crippen LogP contribution in [0, 0.1) is 6.92 Å². The van der Waals surface area contributed by atoms with Gasteiger partial charge in [0.15, 0.2) is 0 Å². The van der Waals surface area contributed by atoms with Gasteiger partial charge in [-0.3, -0.25) is 14.4 Å². The summed E-state index contributed by atoms with van der Waals surface area (Å²) in [7, 11) is 1.62. The Morgan fingerprint density at radius 3 is 2.00 bits per heavy atom. The molecule has 10 nitrogen and oxygen atoms in total. The van der Waals surface area contributed by atoms with E-state index in [0.717, 1.165) is 40.3 Å². The second kappa shape index (κ2) is 25.3. The Kier molecular flexibility index (Phi) is 20.8. The molecule has 0 bridgehead atoms. The van der Waals surface area contributed by atoms with Crippen molar-refractivity contribution in [3.63, 3.8) is 0 Å². The predicted octanol–water partition coefficient (Wildman–Crippen LogP) is 8.90. The number of methoxy groups -OCH3 is 1. The molecular formula is C43H54N2O8. The van der Waals surface area contributed by atoms with E-state index in [9.17, 15) is 19.2 Å². The van der Waals surface area contributed by atoms with E-state index in [-0.39, 0.29) is 19.0 Å². The number of carbonyl (C=O) groups is 4. The van der Waals surface area contributed by atoms with Gasteiger partial charge in [0.25, 0.3) is 0 Å². The number of carbonyl (C=O) groups excluding carboxylic acids is 3. The Labute approximate surface area is 314 Å². The first kappa shape index (κ1) is 43.5. The molecular weight excluding hydrogens is 672 g/mol. The lowest BCUT2D eigenvalue weighted by Gasteiger charge is -2.15. The molecule has 4 aromatic carbocycles. The predicted molar refractivity (Wildman–Crippen MR) is 209 cm³/mol. The minimum atomic E-state index is -1.08. The first-order valence-electron chi connectivity index (χ1n) is 18.1. The molecule has 0 unspecified atom stereocenters. The smallest absolute Gasteiger partial charge is 0.347 e. The van der Waals surface area contributed by atoms with E-state index >= 15 is 0 Å². The first-order valence-corrected chi connectivity index (χ1v) is 18.1. The van der Waals surface area contributed by atoms with Crippen molar-refractivity contribution in [2.24, 2.45) is 0 Å². The number of unbranched alkanes of at least 4 members (excludes halogenated alkanes) is 5. The van der Waals surface area contributed by atoms with Crippen LogP contribution in [0.3, 0.4) is 0 Å². The number of aliphatic carboxylic acids is 1. The Balaban J connectivity index is 0.000000392. The Morgan fingerprint density at radius 1 is 0.774 bits per heavy atom. The fraction of sp³-hybridized carbons (Fsp3) is 0.349. The molecule has 0 aliphatic rings. The second-order valence-corrected chi connectivity index (χ2v) is 12.0. The van der Waals surface area contributed by atoms with Crippen molar-refractivity contribution in [2.45, 2.75) is 79.2 Å². The standard InChI is InChI=1S/C25H31NO6.C16H17NO2.C2H6/c1-2-3-4-5-6-9-16-31-23-11-8-7-10-22(23)25(30)32-21-14-12-20(13-15-21)17-26(19-27)18-24(28)29;1-12-3-7-14(8-4-12)17-16(18)11-13-5-9-15(19-2)10-6-13;1-2/h7-8,10-15,19H,2-6,9,16-18H2,1H3,(H,28,29);3-10H,11H2,1-2H3,(H,17,18);1-2H3. The lowest BCUT2D eigenvalue weighted by Crippen LogP contribution is -2.27. The molecule has 2 N–H and O–H groups in total. The number of benzene rings is 4. The lowest BCUT2D eigenvalue weighted by atomic mass is 10.1. The monoisotopic (exact) mass is 726 g/mol. The highest BCUT2D eigenvalue weighted by atomic mass is 16.5. The largest absolute Gasteiger partial charge is 0.497 e. The van der Waals surface area contributed by atoms with Crippen LogP contribution in [0.2, 0.25) is 0 Å². The van der Waals surface area contributed by atoms with Crippen LogP contribution < -0.4 is 19.5 Å². The molecule has 0 radical (unpaired) electrons. The maximum absolute atomic E-state index is 12.7. The number of para-hydroxylation sites is 1. The lowest BCUT2D eigenvalue weighted by molar-refractivity contribution is -0.141. The zero-order valence-corrected chi connectivity index (χ0v) is 31.6. The summed E-state index contributed by atoms with van der Waals surface area (Å²) in [5, 5.41) is 11.7. The molecule has 0 aliphatic carbocycles. The summed E-state index contributed by atoms with van der Waals surface area (Å²) < 4.78 is 16.4. The number of nitrogens with zero attached hydrogens (tertiary/aromatic N) is 1. The van der Waals surface area contributed by atoms with Gasteiger partial charge in [0.2, 0.25) is 12.3 Å². The zero-order chi connectivity index (χ0) is 38.8. The quantitative estimate of drug-likeness (QED) is 0.0424. The molecule has 0 saturated carbocycles. The average molecular weight is 727 g/mol. The Morgan fingerprint density at radius 2 is 1.38 bits per heavy atom. The summed E-state index contributed by atoms with van der Waals surface area (Å²) in [5.41, 5.74) is 4.04. The van der Waals surface area contributed by atoms with E-state index in [1.165, 1.54) is 31.2 Å². The van der Waals surface area contributed by atoms with Gasteiger partial charge in [0.1, 0.15) is 29.4 Å². The third-order valence-corrected chi connectivity index (χ3v) is 7.73. The molecule has 4 aromatic rings. The third kappa shape index (κ3) is 17.4. The number of carboxylic acid groups (broad SMARTS) is 1. The van der Waals surface area contributed by atoms with E-state index in [2.05, 4.69) is 12.2 Å². The number of amides is 2. The maximum atomic E-state index is 12.7. The molecule has 2 amide bonds. The normalized spacial score (nSPS) is 9.98. The summed E-state index contributed by atoms with van der Waals surface area (Å²) in [6, 6.07) is 28.8. The Bertz CT molecular complexity index is 1660. The van der Waals surface area contributed by atoms with Gasteiger partial charge in [-0.15, -0.1) is 0 Å². The molecule has 0 fully saturated rings. The topological polar surface area (TPSA) is 131 Å². The van der Waals surface area contributed by atoms with Gasteiger partial charge in [0, 0.05) is 12.2 Å². The molecule has 4 rings (SSSR count). The molecule has 53 heavy (non-hydrogen) atoms. The average Bonchev–Trinajstić information content (AvgIpc) is 3.17. The first-order chi connectivity index (χ1) is 25.7. The Hall–Kier alpha value is -5.64. The van der Waals surface area contributed by atoms with Gasteiger partial charge < -0.3 is 29.5 Å². The molecule has 0 saturated heterocycles. The second-order valence-electron chi connectivity index (χ2n) is 12.0. The van der Waals surface area contributed by atoms with Crippen LogP contribution in [0.1, 0.15) is 86.3 Å². The van der Waals surface area contributed by atoms with E-state index in [0.29, 0.717) is 36.5 Å². The number of nitrogens with one attached hydrogen (secondary N) is 1. The summed E-state index contributed by atoms with van der Waals surface area (Å²) in [6.45, 7) is 8.53. The minimum absolute atomic E-state index is 0.0194. The van der Waals surface area contributed by atoms with Crippen molar-refractivity contribution in [1.82, 2.24) is 4.90 Å². The highest BCUT2D eigenvalue weighted by molar-refractivity contribution is 5.94. The number of esters is 1. The maximum Gasteiger partial charge on any atom is 0.347 e. The molecule has 0 heterocycles. The molecule has 284 valence electrons. The fourth-order valence-electron chi connectivity index (χ4n) is 4.96. The van der Waals surface area contributed by atoms with Crippen LogP contribution in [0.4, 0.5) is 5.69 Å². The highest BCUT2D eigenvalue weighted by Crippen LogP contribution is 2.22. The van der Waals surface area contributed by atoms with E-state index in [1.807, 2.05) is 75.4 Å². The zero-order valence-electron chi connectivity index (χ0n) is 31.6. The number of rotatable bonds is 19. The van der Waals surface area contributed by atoms with Crippen LogP contribution in [-0.4, -0.2) is 54.5 Å². The van der Waals surface area contributed by atoms with Gasteiger partial charge in [0.05, 0.1) is 20.1 Å². The van der Waals surface area contributed by atoms with Crippen molar-refractivity contribution < 1.29 is 38.5 Å². The van der Waals surface area contributed by atoms with E-state index < -0.39 is 11.9 Å². The van der Waals surface area contributed by atoms with Crippen molar-refractivity contribution in [3.8, 4) is 17.2 Å². The number of aryl methyl sites for hydroxylation is 1. The van der Waals surface area contributed by atoms with Crippen LogP contribution in [0.5, 0.6) is 17.2 Å². The minimum Gasteiger partial charge on any atom is -0.497 e. The van der Waals surface area contributed by atoms with E-state index in [1.54, 1.807) is 49.6 Å². The molecule has 0 spiro atoms. The van der Waals surface area contributed by atoms with Gasteiger partial charge in [-0.2, -0.15) is 0 Å². The van der Waals surface area contributed by atoms with Gasteiger partial charge in [-0.25, -0.2) is 4.79 Å². The van der Waals surface area contributed by atoms with Crippen molar-refractivity contribution in [2.75, 3.05) is 25.6 Å². The van der Waals surface area contributed by atoms with Crippen molar-refractivity contribution >= 4 is 29.9 Å². The van der Waals surface area contributed by atoms with Gasteiger partial charge in [-0.05, 0) is 73.0 Å². The number of anilines is 1. The molecule has 0 aliphatic heterocycles. The van der Waals surface area contributed by atoms with Crippen molar-refractivity contribution in [1.29, 1.82) is 0 Å². The number of hydrogen-bond donors (Lipinski definition) is 2. The van der Waals surface area contributed by atoms with Crippen LogP contribution in [0.25, 0.3) is 0 Å². The van der Waals surface area contributed by atoms with Crippen LogP contribution in [-0.2, 0) is 27.3 Å². The summed E-state index contributed by atoms with van der Waals surface area (Å²) in [6.07, 6.45) is 7.80.